The molecule has 0 aromatic carbocycles. The van der Waals surface area contributed by atoms with E-state index < -0.39 is 0 Å². The smallest absolute Gasteiger partial charge is 0.222 e. The van der Waals surface area contributed by atoms with Gasteiger partial charge in [0.1, 0.15) is 5.82 Å². The second kappa shape index (κ2) is 5.89. The zero-order chi connectivity index (χ0) is 16.6. The lowest BCUT2D eigenvalue weighted by atomic mass is 10.2. The largest absolute Gasteiger partial charge is 0.481 e. The number of hydrogen-bond donors (Lipinski definition) is 1. The second-order valence-corrected chi connectivity index (χ2v) is 5.54. The molecule has 0 aliphatic heterocycles. The van der Waals surface area contributed by atoms with E-state index in [1.165, 1.54) is 6.92 Å². The zero-order valence-electron chi connectivity index (χ0n) is 12.9. The van der Waals surface area contributed by atoms with Gasteiger partial charge in [-0.25, -0.2) is 9.97 Å². The number of carbonyl (C=O) groups excluding carboxylic acids is 1. The molecule has 3 heterocycles. The summed E-state index contributed by atoms with van der Waals surface area (Å²) < 4.78 is 7.31. The molecule has 0 atom stereocenters. The number of fused-ring (bicyclic) bond motifs is 1. The van der Waals surface area contributed by atoms with E-state index in [1.807, 2.05) is 29.8 Å². The van der Waals surface area contributed by atoms with Crippen molar-refractivity contribution in [2.45, 2.75) is 6.92 Å². The molecule has 0 saturated heterocycles. The minimum absolute atomic E-state index is 0.159. The van der Waals surface area contributed by atoms with Crippen molar-refractivity contribution in [3.05, 3.63) is 35.6 Å². The molecule has 0 spiro atoms. The molecule has 1 amide bonds. The summed E-state index contributed by atoms with van der Waals surface area (Å²) in [5.41, 5.74) is 2.62. The molecule has 0 bridgehead atoms. The predicted molar refractivity (Wildman–Crippen MR) is 89.8 cm³/mol. The number of amides is 1. The Morgan fingerprint density at radius 3 is 2.74 bits per heavy atom. The molecule has 6 nitrogen and oxygen atoms in total. The molecule has 3 aromatic rings. The maximum atomic E-state index is 11.2. The van der Waals surface area contributed by atoms with Gasteiger partial charge < -0.3 is 14.6 Å². The van der Waals surface area contributed by atoms with E-state index in [4.69, 9.17) is 16.3 Å². The Bertz CT molecular complexity index is 904. The number of ether oxygens (including phenoxy) is 1. The molecule has 7 heteroatoms. The summed E-state index contributed by atoms with van der Waals surface area (Å²) in [6.45, 7) is 1.45. The van der Waals surface area contributed by atoms with Crippen molar-refractivity contribution < 1.29 is 9.53 Å². The summed E-state index contributed by atoms with van der Waals surface area (Å²) in [6, 6.07) is 5.62. The number of methoxy groups -OCH3 is 1. The van der Waals surface area contributed by atoms with E-state index in [1.54, 1.807) is 19.5 Å². The molecule has 0 fully saturated rings. The summed E-state index contributed by atoms with van der Waals surface area (Å²) in [5.74, 6) is 0.849. The fourth-order valence-electron chi connectivity index (χ4n) is 2.51. The maximum Gasteiger partial charge on any atom is 0.222 e. The van der Waals surface area contributed by atoms with Crippen LogP contribution in [-0.4, -0.2) is 27.6 Å². The average Bonchev–Trinajstić information content (AvgIpc) is 2.83. The van der Waals surface area contributed by atoms with E-state index >= 15 is 0 Å². The minimum atomic E-state index is -0.159. The number of pyridine rings is 2. The third-order valence-electron chi connectivity index (χ3n) is 3.52. The van der Waals surface area contributed by atoms with E-state index in [2.05, 4.69) is 15.3 Å². The number of aromatic nitrogens is 3. The number of carbonyl (C=O) groups is 1. The lowest BCUT2D eigenvalue weighted by Gasteiger charge is -2.09. The van der Waals surface area contributed by atoms with Crippen LogP contribution in [0.1, 0.15) is 6.92 Å². The molecular weight excluding hydrogens is 316 g/mol. The molecule has 118 valence electrons. The van der Waals surface area contributed by atoms with Crippen molar-refractivity contribution in [2.75, 3.05) is 12.4 Å². The monoisotopic (exact) mass is 330 g/mol. The van der Waals surface area contributed by atoms with Gasteiger partial charge in [-0.1, -0.05) is 11.6 Å². The topological polar surface area (TPSA) is 69.0 Å². The highest BCUT2D eigenvalue weighted by molar-refractivity contribution is 6.30. The molecule has 0 radical (unpaired) electrons. The van der Waals surface area contributed by atoms with Crippen molar-refractivity contribution in [2.24, 2.45) is 7.05 Å². The molecule has 1 N–H and O–H groups in total. The number of nitrogens with zero attached hydrogens (tertiary/aromatic N) is 3. The van der Waals surface area contributed by atoms with E-state index in [0.29, 0.717) is 16.7 Å². The highest BCUT2D eigenvalue weighted by Crippen LogP contribution is 2.34. The van der Waals surface area contributed by atoms with Gasteiger partial charge in [-0.05, 0) is 18.2 Å². The maximum absolute atomic E-state index is 11.2. The van der Waals surface area contributed by atoms with Gasteiger partial charge in [0, 0.05) is 25.6 Å². The normalized spacial score (nSPS) is 10.8. The number of anilines is 1. The quantitative estimate of drug-likeness (QED) is 0.800. The zero-order valence-corrected chi connectivity index (χ0v) is 13.7. The minimum Gasteiger partial charge on any atom is -0.481 e. The van der Waals surface area contributed by atoms with Crippen molar-refractivity contribution in [1.82, 2.24) is 14.5 Å². The van der Waals surface area contributed by atoms with E-state index in [9.17, 15) is 4.79 Å². The summed E-state index contributed by atoms with van der Waals surface area (Å²) in [7, 11) is 3.50. The Morgan fingerprint density at radius 2 is 2.04 bits per heavy atom. The number of halogens is 1. The van der Waals surface area contributed by atoms with Crippen LogP contribution in [0.5, 0.6) is 5.88 Å². The van der Waals surface area contributed by atoms with Crippen molar-refractivity contribution in [3.8, 4) is 17.1 Å². The first-order valence-corrected chi connectivity index (χ1v) is 7.30. The number of rotatable bonds is 3. The lowest BCUT2D eigenvalue weighted by molar-refractivity contribution is -0.114. The average molecular weight is 331 g/mol. The summed E-state index contributed by atoms with van der Waals surface area (Å²) >= 11 is 6.07. The molecule has 0 unspecified atom stereocenters. The third-order valence-corrected chi connectivity index (χ3v) is 3.73. The summed E-state index contributed by atoms with van der Waals surface area (Å²) in [6.07, 6.45) is 3.26. The lowest BCUT2D eigenvalue weighted by Crippen LogP contribution is -2.07. The standard InChI is InChI=1S/C16H15ClN4O2/c1-9(22)20-15-5-10-4-13(21(2)14(10)8-18-15)12-6-11(17)7-19-16(12)23-3/h4-8H,1-3H3,(H,18,20,22). The number of aryl methyl sites for hydroxylation is 1. The van der Waals surface area contributed by atoms with Gasteiger partial charge in [-0.3, -0.25) is 4.79 Å². The SMILES string of the molecule is COc1ncc(Cl)cc1-c1cc2cc(NC(C)=O)ncc2n1C. The van der Waals surface area contributed by atoms with Gasteiger partial charge in [0.15, 0.2) is 0 Å². The van der Waals surface area contributed by atoms with Crippen molar-refractivity contribution in [1.29, 1.82) is 0 Å². The Balaban J connectivity index is 2.17. The number of nitrogens with one attached hydrogen (secondary N) is 1. The molecular formula is C16H15ClN4O2. The highest BCUT2D eigenvalue weighted by atomic mass is 35.5. The van der Waals surface area contributed by atoms with Crippen molar-refractivity contribution >= 4 is 34.2 Å². The Kier molecular flexibility index (Phi) is 3.92. The predicted octanol–water partition coefficient (Wildman–Crippen LogP) is 3.26. The van der Waals surface area contributed by atoms with Gasteiger partial charge in [-0.15, -0.1) is 0 Å². The van der Waals surface area contributed by atoms with Gasteiger partial charge in [0.2, 0.25) is 11.8 Å². The molecule has 0 aliphatic carbocycles. The first-order valence-electron chi connectivity index (χ1n) is 6.92. The first-order chi connectivity index (χ1) is 11.0. The van der Waals surface area contributed by atoms with Crippen LogP contribution in [0, 0.1) is 0 Å². The van der Waals surface area contributed by atoms with Gasteiger partial charge in [0.05, 0.1) is 35.1 Å². The molecule has 0 aliphatic rings. The van der Waals surface area contributed by atoms with E-state index in [-0.39, 0.29) is 5.91 Å². The van der Waals surface area contributed by atoms with Crippen LogP contribution < -0.4 is 10.1 Å². The van der Waals surface area contributed by atoms with Gasteiger partial charge >= 0.3 is 0 Å². The van der Waals surface area contributed by atoms with Crippen LogP contribution in [0.2, 0.25) is 5.02 Å². The summed E-state index contributed by atoms with van der Waals surface area (Å²) in [4.78, 5) is 19.6. The van der Waals surface area contributed by atoms with Crippen LogP contribution in [0.4, 0.5) is 5.82 Å². The van der Waals surface area contributed by atoms with E-state index in [0.717, 1.165) is 22.2 Å². The molecule has 3 aromatic heterocycles. The van der Waals surface area contributed by atoms with Crippen LogP contribution in [0.25, 0.3) is 22.2 Å². The molecule has 23 heavy (non-hydrogen) atoms. The van der Waals surface area contributed by atoms with Crippen LogP contribution >= 0.6 is 11.6 Å². The molecule has 3 rings (SSSR count). The second-order valence-electron chi connectivity index (χ2n) is 5.11. The Morgan fingerprint density at radius 1 is 1.26 bits per heavy atom. The van der Waals surface area contributed by atoms with Gasteiger partial charge in [0.25, 0.3) is 0 Å². The van der Waals surface area contributed by atoms with Crippen LogP contribution in [0.15, 0.2) is 30.6 Å². The Labute approximate surface area is 138 Å². The van der Waals surface area contributed by atoms with Crippen LogP contribution in [0.3, 0.4) is 0 Å². The highest BCUT2D eigenvalue weighted by Gasteiger charge is 2.15. The fourth-order valence-corrected chi connectivity index (χ4v) is 2.67. The van der Waals surface area contributed by atoms with Gasteiger partial charge in [-0.2, -0.15) is 0 Å². The molecule has 0 saturated carbocycles. The van der Waals surface area contributed by atoms with Crippen molar-refractivity contribution in [3.63, 3.8) is 0 Å². The number of hydrogen-bond acceptors (Lipinski definition) is 4. The summed E-state index contributed by atoms with van der Waals surface area (Å²) in [5, 5.41) is 4.16. The first kappa shape index (κ1) is 15.3. The fraction of sp³-hybridized carbons (Fsp3) is 0.188. The third kappa shape index (κ3) is 2.85. The Hall–Kier alpha value is -2.60. The van der Waals surface area contributed by atoms with Crippen LogP contribution in [-0.2, 0) is 11.8 Å².